The van der Waals surface area contributed by atoms with Crippen LogP contribution in [0.15, 0.2) is 0 Å². The number of hydrogen-bond acceptors (Lipinski definition) is 2. The van der Waals surface area contributed by atoms with Gasteiger partial charge in [0.2, 0.25) is 0 Å². The second kappa shape index (κ2) is 6.47. The summed E-state index contributed by atoms with van der Waals surface area (Å²) in [5, 5.41) is 0. The molecule has 0 aromatic carbocycles. The standard InChI is InChI=1S/C15H29NS/c1-2-14(13-17)12-16-10-8-15(9-11-16)6-4-3-5-7-15/h14,17H,2-13H2,1H3. The first-order chi connectivity index (χ1) is 8.28. The number of piperidine rings is 1. The van der Waals surface area contributed by atoms with Gasteiger partial charge in [-0.1, -0.05) is 32.6 Å². The molecule has 1 unspecified atom stereocenters. The average Bonchev–Trinajstić information content (AvgIpc) is 2.39. The van der Waals surface area contributed by atoms with Crippen molar-refractivity contribution in [3.05, 3.63) is 0 Å². The zero-order valence-corrected chi connectivity index (χ0v) is 12.4. The third kappa shape index (κ3) is 3.64. The summed E-state index contributed by atoms with van der Waals surface area (Å²) >= 11 is 4.46. The van der Waals surface area contributed by atoms with E-state index < -0.39 is 0 Å². The normalized spacial score (nSPS) is 27.2. The highest BCUT2D eigenvalue weighted by Gasteiger charge is 2.35. The largest absolute Gasteiger partial charge is 0.303 e. The van der Waals surface area contributed by atoms with Crippen LogP contribution >= 0.6 is 12.6 Å². The summed E-state index contributed by atoms with van der Waals surface area (Å²) in [7, 11) is 0. The molecule has 2 fully saturated rings. The summed E-state index contributed by atoms with van der Waals surface area (Å²) in [4.78, 5) is 2.70. The lowest BCUT2D eigenvalue weighted by Crippen LogP contribution is -2.43. The summed E-state index contributed by atoms with van der Waals surface area (Å²) < 4.78 is 0. The average molecular weight is 255 g/mol. The van der Waals surface area contributed by atoms with Crippen molar-refractivity contribution in [2.75, 3.05) is 25.4 Å². The second-order valence-electron chi connectivity index (χ2n) is 6.32. The fourth-order valence-corrected chi connectivity index (χ4v) is 4.07. The SMILES string of the molecule is CCC(CS)CN1CCC2(CCCCC2)CC1. The predicted octanol–water partition coefficient (Wildman–Crippen LogP) is 3.99. The predicted molar refractivity (Wildman–Crippen MR) is 78.8 cm³/mol. The number of rotatable bonds is 4. The molecule has 0 radical (unpaired) electrons. The molecule has 0 aromatic rings. The molecular formula is C15H29NS. The van der Waals surface area contributed by atoms with Crippen molar-refractivity contribution in [1.29, 1.82) is 0 Å². The van der Waals surface area contributed by atoms with Gasteiger partial charge in [0.15, 0.2) is 0 Å². The van der Waals surface area contributed by atoms with Crippen molar-refractivity contribution in [3.8, 4) is 0 Å². The lowest BCUT2D eigenvalue weighted by atomic mass is 9.68. The van der Waals surface area contributed by atoms with Gasteiger partial charge < -0.3 is 4.90 Å². The number of hydrogen-bond donors (Lipinski definition) is 1. The molecule has 0 amide bonds. The van der Waals surface area contributed by atoms with Gasteiger partial charge in [-0.05, 0) is 55.9 Å². The molecule has 17 heavy (non-hydrogen) atoms. The van der Waals surface area contributed by atoms with Crippen LogP contribution in [0.25, 0.3) is 0 Å². The molecule has 1 spiro atoms. The van der Waals surface area contributed by atoms with Crippen LogP contribution in [0.1, 0.15) is 58.3 Å². The topological polar surface area (TPSA) is 3.24 Å². The number of thiol groups is 1. The highest BCUT2D eigenvalue weighted by Crippen LogP contribution is 2.44. The smallest absolute Gasteiger partial charge is 0.00174 e. The van der Waals surface area contributed by atoms with Crippen LogP contribution in [-0.2, 0) is 0 Å². The van der Waals surface area contributed by atoms with E-state index in [1.807, 2.05) is 0 Å². The summed E-state index contributed by atoms with van der Waals surface area (Å²) in [6.07, 6.45) is 11.7. The molecule has 100 valence electrons. The number of nitrogens with zero attached hydrogens (tertiary/aromatic N) is 1. The molecule has 1 nitrogen and oxygen atoms in total. The maximum atomic E-state index is 4.46. The highest BCUT2D eigenvalue weighted by atomic mass is 32.1. The second-order valence-corrected chi connectivity index (χ2v) is 6.68. The molecular weight excluding hydrogens is 226 g/mol. The molecule has 1 saturated carbocycles. The maximum Gasteiger partial charge on any atom is 0.00174 e. The molecule has 1 aliphatic heterocycles. The first-order valence-corrected chi connectivity index (χ1v) is 8.24. The Labute approximate surface area is 113 Å². The van der Waals surface area contributed by atoms with E-state index in [0.717, 1.165) is 17.1 Å². The summed E-state index contributed by atoms with van der Waals surface area (Å²) in [6.45, 7) is 6.29. The monoisotopic (exact) mass is 255 g/mol. The zero-order chi connectivity index (χ0) is 12.1. The van der Waals surface area contributed by atoms with E-state index in [4.69, 9.17) is 0 Å². The fourth-order valence-electron chi connectivity index (χ4n) is 3.69. The van der Waals surface area contributed by atoms with Crippen LogP contribution in [0.4, 0.5) is 0 Å². The first kappa shape index (κ1) is 13.7. The van der Waals surface area contributed by atoms with Crippen molar-refractivity contribution >= 4 is 12.6 Å². The van der Waals surface area contributed by atoms with Gasteiger partial charge in [0.05, 0.1) is 0 Å². The van der Waals surface area contributed by atoms with Gasteiger partial charge in [0.1, 0.15) is 0 Å². The van der Waals surface area contributed by atoms with Crippen LogP contribution < -0.4 is 0 Å². The molecule has 0 bridgehead atoms. The lowest BCUT2D eigenvalue weighted by molar-refractivity contribution is 0.0611. The molecule has 0 N–H and O–H groups in total. The molecule has 2 rings (SSSR count). The van der Waals surface area contributed by atoms with Crippen molar-refractivity contribution in [2.24, 2.45) is 11.3 Å². The van der Waals surface area contributed by atoms with Crippen LogP contribution in [0, 0.1) is 11.3 Å². The van der Waals surface area contributed by atoms with E-state index >= 15 is 0 Å². The zero-order valence-electron chi connectivity index (χ0n) is 11.5. The molecule has 1 heterocycles. The van der Waals surface area contributed by atoms with Gasteiger partial charge in [-0.3, -0.25) is 0 Å². The third-order valence-corrected chi connectivity index (χ3v) is 5.70. The number of likely N-dealkylation sites (tertiary alicyclic amines) is 1. The summed E-state index contributed by atoms with van der Waals surface area (Å²) in [6, 6.07) is 0. The Bertz CT molecular complexity index is 209. The third-order valence-electron chi connectivity index (χ3n) is 5.18. The van der Waals surface area contributed by atoms with Gasteiger partial charge in [-0.15, -0.1) is 0 Å². The molecule has 1 saturated heterocycles. The van der Waals surface area contributed by atoms with Gasteiger partial charge >= 0.3 is 0 Å². The lowest BCUT2D eigenvalue weighted by Gasteiger charge is -2.45. The molecule has 0 aromatic heterocycles. The molecule has 1 aliphatic carbocycles. The van der Waals surface area contributed by atoms with Gasteiger partial charge in [0, 0.05) is 6.54 Å². The van der Waals surface area contributed by atoms with Crippen molar-refractivity contribution in [2.45, 2.75) is 58.3 Å². The van der Waals surface area contributed by atoms with Crippen molar-refractivity contribution in [3.63, 3.8) is 0 Å². The van der Waals surface area contributed by atoms with Crippen LogP contribution in [-0.4, -0.2) is 30.3 Å². The van der Waals surface area contributed by atoms with Crippen LogP contribution in [0.5, 0.6) is 0 Å². The van der Waals surface area contributed by atoms with E-state index in [2.05, 4.69) is 24.5 Å². The Kier molecular flexibility index (Phi) is 5.23. The Hall–Kier alpha value is 0.310. The Morgan fingerprint density at radius 2 is 1.71 bits per heavy atom. The van der Waals surface area contributed by atoms with E-state index in [-0.39, 0.29) is 0 Å². The minimum absolute atomic E-state index is 0.761. The molecule has 2 heteroatoms. The van der Waals surface area contributed by atoms with Crippen LogP contribution in [0.3, 0.4) is 0 Å². The Balaban J connectivity index is 1.77. The Morgan fingerprint density at radius 3 is 2.24 bits per heavy atom. The highest BCUT2D eigenvalue weighted by molar-refractivity contribution is 7.80. The van der Waals surface area contributed by atoms with E-state index in [0.29, 0.717) is 0 Å². The summed E-state index contributed by atoms with van der Waals surface area (Å²) in [5.74, 6) is 1.86. The van der Waals surface area contributed by atoms with Crippen LogP contribution in [0.2, 0.25) is 0 Å². The van der Waals surface area contributed by atoms with Gasteiger partial charge in [0.25, 0.3) is 0 Å². The quantitative estimate of drug-likeness (QED) is 0.744. The summed E-state index contributed by atoms with van der Waals surface area (Å²) in [5.41, 5.74) is 0.761. The van der Waals surface area contributed by atoms with E-state index in [1.54, 1.807) is 0 Å². The molecule has 1 atom stereocenters. The maximum absolute atomic E-state index is 4.46. The van der Waals surface area contributed by atoms with E-state index in [9.17, 15) is 0 Å². The fraction of sp³-hybridized carbons (Fsp3) is 1.00. The molecule has 2 aliphatic rings. The van der Waals surface area contributed by atoms with Gasteiger partial charge in [-0.25, -0.2) is 0 Å². The first-order valence-electron chi connectivity index (χ1n) is 7.61. The minimum atomic E-state index is 0.761. The van der Waals surface area contributed by atoms with Gasteiger partial charge in [-0.2, -0.15) is 12.6 Å². The van der Waals surface area contributed by atoms with E-state index in [1.165, 1.54) is 71.0 Å². The van der Waals surface area contributed by atoms with Crippen molar-refractivity contribution < 1.29 is 0 Å². The Morgan fingerprint density at radius 1 is 1.06 bits per heavy atom. The minimum Gasteiger partial charge on any atom is -0.303 e. The van der Waals surface area contributed by atoms with Crippen molar-refractivity contribution in [1.82, 2.24) is 4.90 Å².